The summed E-state index contributed by atoms with van der Waals surface area (Å²) in [4.78, 5) is 9.15. The summed E-state index contributed by atoms with van der Waals surface area (Å²) in [7, 11) is 6.41. The molecule has 0 aromatic carbocycles. The Bertz CT molecular complexity index is 358. The van der Waals surface area contributed by atoms with Crippen molar-refractivity contribution >= 4 is 0 Å². The largest absolute Gasteiger partial charge is 0.337 e. The molecule has 1 atom stereocenters. The number of rotatable bonds is 5. The average molecular weight is 250 g/mol. The summed E-state index contributed by atoms with van der Waals surface area (Å²) in [5.74, 6) is 0. The number of piperidine rings is 1. The molecule has 1 aromatic rings. The molecule has 1 aliphatic heterocycles. The second kappa shape index (κ2) is 6.34. The Morgan fingerprint density at radius 3 is 2.89 bits per heavy atom. The van der Waals surface area contributed by atoms with Crippen LogP contribution in [0.25, 0.3) is 0 Å². The summed E-state index contributed by atoms with van der Waals surface area (Å²) in [6, 6.07) is 0.746. The van der Waals surface area contributed by atoms with Crippen molar-refractivity contribution in [1.29, 1.82) is 0 Å². The average Bonchev–Trinajstić information content (AvgIpc) is 2.74. The smallest absolute Gasteiger partial charge is 0.0945 e. The third kappa shape index (κ3) is 3.56. The van der Waals surface area contributed by atoms with Crippen molar-refractivity contribution in [2.24, 2.45) is 7.05 Å². The van der Waals surface area contributed by atoms with Crippen molar-refractivity contribution in [3.05, 3.63) is 18.2 Å². The first-order valence-electron chi connectivity index (χ1n) is 7.01. The van der Waals surface area contributed by atoms with E-state index in [1.807, 2.05) is 12.5 Å². The van der Waals surface area contributed by atoms with Gasteiger partial charge in [-0.25, -0.2) is 4.98 Å². The summed E-state index contributed by atoms with van der Waals surface area (Å²) in [6.07, 6.45) is 9.26. The van der Waals surface area contributed by atoms with E-state index < -0.39 is 0 Å². The molecular formula is C14H26N4. The quantitative estimate of drug-likeness (QED) is 0.795. The molecule has 0 radical (unpaired) electrons. The maximum Gasteiger partial charge on any atom is 0.0945 e. The first-order valence-corrected chi connectivity index (χ1v) is 7.01. The fourth-order valence-corrected chi connectivity index (χ4v) is 2.75. The maximum absolute atomic E-state index is 4.21. The van der Waals surface area contributed by atoms with Crippen molar-refractivity contribution in [1.82, 2.24) is 19.4 Å². The van der Waals surface area contributed by atoms with Crippen LogP contribution in [0.15, 0.2) is 12.5 Å². The second-order valence-electron chi connectivity index (χ2n) is 5.71. The first-order chi connectivity index (χ1) is 8.66. The van der Waals surface area contributed by atoms with Crippen molar-refractivity contribution in [3.63, 3.8) is 0 Å². The topological polar surface area (TPSA) is 24.3 Å². The number of aryl methyl sites for hydroxylation is 1. The fourth-order valence-electron chi connectivity index (χ4n) is 2.75. The highest BCUT2D eigenvalue weighted by Gasteiger charge is 2.22. The standard InChI is InChI=1S/C14H26N4/c1-16(2)9-7-13-6-4-5-8-18(13)11-14-10-15-12-17(14)3/h10,12-13H,4-9,11H2,1-3H3/t13-/m1/s1. The lowest BCUT2D eigenvalue weighted by Gasteiger charge is -2.36. The van der Waals surface area contributed by atoms with Crippen LogP contribution in [0.3, 0.4) is 0 Å². The van der Waals surface area contributed by atoms with Gasteiger partial charge in [0.2, 0.25) is 0 Å². The molecule has 102 valence electrons. The third-order valence-electron chi connectivity index (χ3n) is 3.94. The lowest BCUT2D eigenvalue weighted by atomic mass is 9.99. The van der Waals surface area contributed by atoms with Crippen LogP contribution in [0.5, 0.6) is 0 Å². The number of imidazole rings is 1. The highest BCUT2D eigenvalue weighted by molar-refractivity contribution is 4.98. The molecule has 2 heterocycles. The third-order valence-corrected chi connectivity index (χ3v) is 3.94. The van der Waals surface area contributed by atoms with E-state index in [1.54, 1.807) is 0 Å². The van der Waals surface area contributed by atoms with Gasteiger partial charge in [0.15, 0.2) is 0 Å². The van der Waals surface area contributed by atoms with E-state index in [-0.39, 0.29) is 0 Å². The van der Waals surface area contributed by atoms with Crippen LogP contribution in [0.1, 0.15) is 31.4 Å². The highest BCUT2D eigenvalue weighted by atomic mass is 15.2. The molecule has 0 saturated carbocycles. The van der Waals surface area contributed by atoms with Crippen molar-refractivity contribution in [3.8, 4) is 0 Å². The van der Waals surface area contributed by atoms with Gasteiger partial charge in [-0.3, -0.25) is 4.90 Å². The predicted molar refractivity (Wildman–Crippen MR) is 74.4 cm³/mol. The first kappa shape index (κ1) is 13.6. The highest BCUT2D eigenvalue weighted by Crippen LogP contribution is 2.21. The van der Waals surface area contributed by atoms with Gasteiger partial charge in [0, 0.05) is 25.8 Å². The van der Waals surface area contributed by atoms with Crippen LogP contribution in [-0.4, -0.2) is 52.6 Å². The molecule has 0 spiro atoms. The summed E-state index contributed by atoms with van der Waals surface area (Å²) < 4.78 is 2.14. The van der Waals surface area contributed by atoms with Crippen LogP contribution in [0, 0.1) is 0 Å². The van der Waals surface area contributed by atoms with Gasteiger partial charge in [0.25, 0.3) is 0 Å². The van der Waals surface area contributed by atoms with Crippen molar-refractivity contribution in [2.75, 3.05) is 27.2 Å². The summed E-state index contributed by atoms with van der Waals surface area (Å²) >= 11 is 0. The van der Waals surface area contributed by atoms with Crippen LogP contribution >= 0.6 is 0 Å². The zero-order valence-corrected chi connectivity index (χ0v) is 12.0. The van der Waals surface area contributed by atoms with Gasteiger partial charge in [-0.1, -0.05) is 6.42 Å². The van der Waals surface area contributed by atoms with Crippen LogP contribution in [-0.2, 0) is 13.6 Å². The molecule has 1 aliphatic rings. The molecule has 0 N–H and O–H groups in total. The Kier molecular flexibility index (Phi) is 4.78. The fraction of sp³-hybridized carbons (Fsp3) is 0.786. The Morgan fingerprint density at radius 2 is 2.22 bits per heavy atom. The Hall–Kier alpha value is -0.870. The Balaban J connectivity index is 1.93. The predicted octanol–water partition coefficient (Wildman–Crippen LogP) is 1.73. The molecular weight excluding hydrogens is 224 g/mol. The minimum atomic E-state index is 0.746. The van der Waals surface area contributed by atoms with Gasteiger partial charge in [-0.05, 0) is 46.4 Å². The Morgan fingerprint density at radius 1 is 1.39 bits per heavy atom. The number of hydrogen-bond donors (Lipinski definition) is 0. The van der Waals surface area contributed by atoms with E-state index in [2.05, 4.69) is 40.5 Å². The van der Waals surface area contributed by atoms with E-state index >= 15 is 0 Å². The number of aromatic nitrogens is 2. The van der Waals surface area contributed by atoms with E-state index in [0.717, 1.165) is 12.6 Å². The van der Waals surface area contributed by atoms with Crippen LogP contribution < -0.4 is 0 Å². The summed E-state index contributed by atoms with van der Waals surface area (Å²) in [5.41, 5.74) is 1.33. The molecule has 4 heteroatoms. The molecule has 1 saturated heterocycles. The molecule has 1 aromatic heterocycles. The normalized spacial score (nSPS) is 21.7. The minimum Gasteiger partial charge on any atom is -0.337 e. The van der Waals surface area contributed by atoms with Crippen molar-refractivity contribution < 1.29 is 0 Å². The SMILES string of the molecule is CN(C)CC[C@H]1CCCCN1Cc1cncn1C. The number of nitrogens with zero attached hydrogens (tertiary/aromatic N) is 4. The molecule has 18 heavy (non-hydrogen) atoms. The van der Waals surface area contributed by atoms with Gasteiger partial charge in [-0.15, -0.1) is 0 Å². The summed E-state index contributed by atoms with van der Waals surface area (Å²) in [6.45, 7) is 3.48. The van der Waals surface area contributed by atoms with Gasteiger partial charge in [0.05, 0.1) is 12.0 Å². The number of likely N-dealkylation sites (tertiary alicyclic amines) is 1. The minimum absolute atomic E-state index is 0.746. The summed E-state index contributed by atoms with van der Waals surface area (Å²) in [5, 5.41) is 0. The molecule has 4 nitrogen and oxygen atoms in total. The zero-order chi connectivity index (χ0) is 13.0. The van der Waals surface area contributed by atoms with Gasteiger partial charge in [-0.2, -0.15) is 0 Å². The zero-order valence-electron chi connectivity index (χ0n) is 12.0. The monoisotopic (exact) mass is 250 g/mol. The molecule has 1 fully saturated rings. The molecule has 0 unspecified atom stereocenters. The lowest BCUT2D eigenvalue weighted by molar-refractivity contribution is 0.122. The lowest BCUT2D eigenvalue weighted by Crippen LogP contribution is -2.40. The van der Waals surface area contributed by atoms with Gasteiger partial charge < -0.3 is 9.47 Å². The number of hydrogen-bond acceptors (Lipinski definition) is 3. The van der Waals surface area contributed by atoms with Crippen LogP contribution in [0.4, 0.5) is 0 Å². The molecule has 0 bridgehead atoms. The van der Waals surface area contributed by atoms with Gasteiger partial charge in [0.1, 0.15) is 0 Å². The van der Waals surface area contributed by atoms with E-state index in [9.17, 15) is 0 Å². The van der Waals surface area contributed by atoms with Crippen molar-refractivity contribution in [2.45, 2.75) is 38.3 Å². The van der Waals surface area contributed by atoms with Gasteiger partial charge >= 0.3 is 0 Å². The molecule has 2 rings (SSSR count). The van der Waals surface area contributed by atoms with E-state index in [0.29, 0.717) is 0 Å². The van der Waals surface area contributed by atoms with E-state index in [1.165, 1.54) is 44.5 Å². The second-order valence-corrected chi connectivity index (χ2v) is 5.71. The van der Waals surface area contributed by atoms with E-state index in [4.69, 9.17) is 0 Å². The van der Waals surface area contributed by atoms with Crippen LogP contribution in [0.2, 0.25) is 0 Å². The molecule has 0 amide bonds. The Labute approximate surface area is 111 Å². The maximum atomic E-state index is 4.21. The molecule has 0 aliphatic carbocycles.